The Balaban J connectivity index is 1.24. The molecule has 0 aromatic heterocycles. The summed E-state index contributed by atoms with van der Waals surface area (Å²) >= 11 is 0. The van der Waals surface area contributed by atoms with E-state index in [9.17, 15) is 35.7 Å². The third kappa shape index (κ3) is 6.10. The molecule has 0 saturated heterocycles. The molecule has 7 rings (SSSR count). The normalized spacial score (nSPS) is 28.7. The molecule has 13 heteroatoms. The van der Waals surface area contributed by atoms with Crippen molar-refractivity contribution in [3.05, 3.63) is 107 Å². The quantitative estimate of drug-likeness (QED) is 0.252. The number of halogens is 5. The smallest absolute Gasteiger partial charge is 0.383 e. The van der Waals surface area contributed by atoms with Gasteiger partial charge in [-0.1, -0.05) is 66.6 Å². The van der Waals surface area contributed by atoms with Crippen molar-refractivity contribution in [2.45, 2.75) is 92.2 Å². The third-order valence-electron chi connectivity index (χ3n) is 12.3. The maximum absolute atomic E-state index is 15.3. The van der Waals surface area contributed by atoms with Gasteiger partial charge >= 0.3 is 12.1 Å². The zero-order valence-corrected chi connectivity index (χ0v) is 31.1. The van der Waals surface area contributed by atoms with Crippen LogP contribution in [0.25, 0.3) is 11.1 Å². The molecule has 0 amide bonds. The summed E-state index contributed by atoms with van der Waals surface area (Å²) in [6.45, 7) is 3.21. The maximum atomic E-state index is 15.3. The van der Waals surface area contributed by atoms with Crippen LogP contribution in [0.15, 0.2) is 109 Å². The largest absolute Gasteiger partial charge is 0.456 e. The van der Waals surface area contributed by atoms with Gasteiger partial charge in [-0.3, -0.25) is 4.79 Å². The zero-order chi connectivity index (χ0) is 38.4. The predicted octanol–water partition coefficient (Wildman–Crippen LogP) is 9.34. The van der Waals surface area contributed by atoms with Crippen LogP contribution in [0.2, 0.25) is 0 Å². The molecule has 3 aromatic rings. The summed E-state index contributed by atoms with van der Waals surface area (Å²) in [4.78, 5) is 12.5. The fourth-order valence-electron chi connectivity index (χ4n) is 9.51. The highest BCUT2D eigenvalue weighted by Gasteiger charge is 2.79. The first-order chi connectivity index (χ1) is 24.7. The molecular weight excluding hydrogens is 734 g/mol. The summed E-state index contributed by atoms with van der Waals surface area (Å²) in [6, 6.07) is 19.8. The van der Waals surface area contributed by atoms with E-state index in [0.29, 0.717) is 36.8 Å². The monoisotopic (exact) mass is 773 g/mol. The number of carbonyl (C=O) groups excluding carboxylic acids is 1. The topological polar surface area (TPSA) is 101 Å². The molecule has 3 aromatic carbocycles. The molecule has 282 valence electrons. The van der Waals surface area contributed by atoms with E-state index in [2.05, 4.69) is 3.77 Å². The van der Waals surface area contributed by atoms with Crippen LogP contribution in [-0.4, -0.2) is 47.5 Å². The van der Waals surface area contributed by atoms with Crippen molar-refractivity contribution in [2.75, 3.05) is 6.26 Å². The Morgan fingerprint density at radius 3 is 2.00 bits per heavy atom. The molecule has 0 aliphatic heterocycles. The van der Waals surface area contributed by atoms with Crippen molar-refractivity contribution in [3.63, 3.8) is 0 Å². The number of hydrogen-bond acceptors (Lipinski definition) is 5. The number of carbonyl (C=O) groups is 1. The van der Waals surface area contributed by atoms with E-state index in [1.807, 2.05) is 31.2 Å². The maximum Gasteiger partial charge on any atom is 0.456 e. The Hall–Kier alpha value is -3.68. The van der Waals surface area contributed by atoms with Crippen LogP contribution in [0.3, 0.4) is 0 Å². The van der Waals surface area contributed by atoms with Crippen LogP contribution < -0.4 is 0 Å². The van der Waals surface area contributed by atoms with Gasteiger partial charge in [0.2, 0.25) is 0 Å². The van der Waals surface area contributed by atoms with Crippen LogP contribution >= 0.6 is 0 Å². The Labute approximate surface area is 306 Å². The highest BCUT2D eigenvalue weighted by atomic mass is 32.3. The number of nitrogens with zero attached hydrogens (tertiary/aromatic N) is 1. The number of benzene rings is 3. The fourth-order valence-corrected chi connectivity index (χ4v) is 12.8. The molecule has 1 N–H and O–H groups in total. The Bertz CT molecular complexity index is 2270. The van der Waals surface area contributed by atoms with Crippen molar-refractivity contribution in [1.82, 2.24) is 0 Å². The summed E-state index contributed by atoms with van der Waals surface area (Å²) in [5.74, 6) is -6.79. The van der Waals surface area contributed by atoms with E-state index in [1.165, 1.54) is 25.3 Å². The molecule has 3 unspecified atom stereocenters. The highest BCUT2D eigenvalue weighted by molar-refractivity contribution is 8.03. The lowest BCUT2D eigenvalue weighted by Gasteiger charge is -2.56. The average Bonchev–Trinajstić information content (AvgIpc) is 3.38. The van der Waals surface area contributed by atoms with Gasteiger partial charge in [0.15, 0.2) is 5.78 Å². The number of sulfonamides is 1. The average molecular weight is 774 g/mol. The second-order valence-corrected chi connectivity index (χ2v) is 19.4. The van der Waals surface area contributed by atoms with Gasteiger partial charge in [0.1, 0.15) is 5.60 Å². The highest BCUT2D eigenvalue weighted by Crippen LogP contribution is 2.70. The first kappa shape index (κ1) is 37.6. The summed E-state index contributed by atoms with van der Waals surface area (Å²) in [5, 5.41) is 11.5. The van der Waals surface area contributed by atoms with Crippen LogP contribution in [0.1, 0.15) is 68.9 Å². The van der Waals surface area contributed by atoms with Gasteiger partial charge in [-0.05, 0) is 115 Å². The lowest BCUT2D eigenvalue weighted by molar-refractivity contribution is -0.362. The summed E-state index contributed by atoms with van der Waals surface area (Å²) in [6.07, 6.45) is -2.00. The molecule has 0 bridgehead atoms. The number of hydrogen-bond donors (Lipinski definition) is 1. The van der Waals surface area contributed by atoms with Crippen LogP contribution in [-0.2, 0) is 24.5 Å². The molecule has 4 aliphatic carbocycles. The van der Waals surface area contributed by atoms with Crippen molar-refractivity contribution in [1.29, 1.82) is 0 Å². The Morgan fingerprint density at radius 2 is 1.40 bits per heavy atom. The number of allylic oxidation sites excluding steroid dienone is 4. The molecular formula is C40H40F5NO5S2. The number of ketones is 1. The van der Waals surface area contributed by atoms with Gasteiger partial charge < -0.3 is 5.11 Å². The lowest BCUT2D eigenvalue weighted by Crippen LogP contribution is -2.65. The second kappa shape index (κ2) is 12.7. The van der Waals surface area contributed by atoms with Crippen molar-refractivity contribution >= 4 is 25.5 Å². The van der Waals surface area contributed by atoms with Gasteiger partial charge in [0, 0.05) is 28.9 Å². The minimum Gasteiger partial charge on any atom is -0.383 e. The van der Waals surface area contributed by atoms with Crippen molar-refractivity contribution in [2.24, 2.45) is 21.0 Å². The molecule has 0 radical (unpaired) electrons. The third-order valence-corrected chi connectivity index (χ3v) is 16.2. The van der Waals surface area contributed by atoms with Crippen LogP contribution in [0, 0.1) is 24.2 Å². The van der Waals surface area contributed by atoms with Crippen molar-refractivity contribution < 1.29 is 44.5 Å². The zero-order valence-electron chi connectivity index (χ0n) is 29.4. The van der Waals surface area contributed by atoms with E-state index in [0.717, 1.165) is 27.8 Å². The Morgan fingerprint density at radius 1 is 0.811 bits per heavy atom. The number of aliphatic hydroxyl groups is 1. The molecule has 6 nitrogen and oxygen atoms in total. The summed E-state index contributed by atoms with van der Waals surface area (Å²) in [7, 11) is -7.55. The second-order valence-electron chi connectivity index (χ2n) is 15.3. The first-order valence-electron chi connectivity index (χ1n) is 17.6. The SMILES string of the molecule is Cc1ccc(S(=O)(=O)N=S(C)(=O)c2ccc(-c3ccc([C@H]4C[C@@]5(C)C(CC[C@@]5(O)C(F)(F)C(F)(F)F)C5CCC6=CC(=O)CCC6=C54)cc3)cc2)cc1. The van der Waals surface area contributed by atoms with Gasteiger partial charge in [-0.25, -0.2) is 4.21 Å². The van der Waals surface area contributed by atoms with E-state index in [4.69, 9.17) is 0 Å². The number of aryl methyl sites for hydroxylation is 1. The standard InChI is InChI=1S/C40H40F5NO5S2/c1-24-4-14-31(15-5-24)53(50,51)46-52(3,49)30-16-10-26(11-17-30)25-6-8-27(9-7-25)34-23-37(2)35(20-21-38(37,48)39(41,42)40(43,44)45)33-18-12-28-22-29(47)13-19-32(28)36(33)34/h4-11,14-17,22,33-35,48H,12-13,18-21,23H2,1-3H3/t33?,34-,35?,37+,38+,52?/m1/s1. The molecule has 0 spiro atoms. The summed E-state index contributed by atoms with van der Waals surface area (Å²) in [5.41, 5.74) is 0.834. The molecule has 2 saturated carbocycles. The van der Waals surface area contributed by atoms with E-state index >= 15 is 8.78 Å². The summed E-state index contributed by atoms with van der Waals surface area (Å²) < 4.78 is 115. The number of fused-ring (bicyclic) bond motifs is 4. The van der Waals surface area contributed by atoms with Gasteiger partial charge in [0.05, 0.1) is 14.6 Å². The minimum absolute atomic E-state index is 0.0101. The predicted molar refractivity (Wildman–Crippen MR) is 191 cm³/mol. The molecule has 0 heterocycles. The number of alkyl halides is 5. The fraction of sp³-hybridized carbons (Fsp3) is 0.425. The molecule has 6 atom stereocenters. The van der Waals surface area contributed by atoms with Gasteiger partial charge in [-0.2, -0.15) is 30.4 Å². The van der Waals surface area contributed by atoms with E-state index in [-0.39, 0.29) is 34.3 Å². The van der Waals surface area contributed by atoms with Gasteiger partial charge in [-0.15, -0.1) is 3.77 Å². The van der Waals surface area contributed by atoms with E-state index in [1.54, 1.807) is 42.5 Å². The minimum atomic E-state index is -5.92. The number of rotatable bonds is 6. The van der Waals surface area contributed by atoms with E-state index < -0.39 is 61.1 Å². The van der Waals surface area contributed by atoms with Gasteiger partial charge in [0.25, 0.3) is 10.0 Å². The Kier molecular flexibility index (Phi) is 9.01. The molecule has 4 aliphatic rings. The first-order valence-corrected chi connectivity index (χ1v) is 20.9. The molecule has 2 fully saturated rings. The van der Waals surface area contributed by atoms with Crippen molar-refractivity contribution in [3.8, 4) is 11.1 Å². The molecule has 53 heavy (non-hydrogen) atoms. The van der Waals surface area contributed by atoms with Crippen LogP contribution in [0.4, 0.5) is 22.0 Å². The van der Waals surface area contributed by atoms with Crippen LogP contribution in [0.5, 0.6) is 0 Å². The lowest BCUT2D eigenvalue weighted by atomic mass is 9.50.